The molecule has 96 valence electrons. The molecule has 0 bridgehead atoms. The molecule has 18 heavy (non-hydrogen) atoms. The Morgan fingerprint density at radius 3 is 2.50 bits per heavy atom. The molecular weight excluding hydrogens is 243 g/mol. The lowest BCUT2D eigenvalue weighted by Gasteiger charge is -2.06. The van der Waals surface area contributed by atoms with Crippen LogP contribution in [0.1, 0.15) is 0 Å². The Morgan fingerprint density at radius 1 is 1.22 bits per heavy atom. The number of rotatable bonds is 3. The minimum atomic E-state index is -1.07. The summed E-state index contributed by atoms with van der Waals surface area (Å²) in [6.45, 7) is -0.431. The summed E-state index contributed by atoms with van der Waals surface area (Å²) in [5.74, 6) is -3.47. The van der Waals surface area contributed by atoms with E-state index < -0.39 is 30.1 Å². The predicted molar refractivity (Wildman–Crippen MR) is 60.1 cm³/mol. The molecule has 0 fully saturated rings. The summed E-state index contributed by atoms with van der Waals surface area (Å²) in [6, 6.07) is 5.40. The average molecular weight is 254 g/mol. The van der Waals surface area contributed by atoms with Crippen molar-refractivity contribution in [2.75, 3.05) is 19.0 Å². The molecule has 0 spiro atoms. The second kappa shape index (κ2) is 6.33. The van der Waals surface area contributed by atoms with E-state index >= 15 is 0 Å². The molecule has 0 aliphatic carbocycles. The van der Waals surface area contributed by atoms with Gasteiger partial charge >= 0.3 is 17.8 Å². The van der Waals surface area contributed by atoms with Crippen LogP contribution >= 0.6 is 0 Å². The Morgan fingerprint density at radius 2 is 1.89 bits per heavy atom. The van der Waals surface area contributed by atoms with Crippen LogP contribution in [0.5, 0.6) is 0 Å². The van der Waals surface area contributed by atoms with Gasteiger partial charge in [0, 0.05) is 0 Å². The lowest BCUT2D eigenvalue weighted by molar-refractivity contribution is -0.142. The number of hydrogen-bond donors (Lipinski definition) is 2. The van der Waals surface area contributed by atoms with Gasteiger partial charge in [-0.15, -0.1) is 0 Å². The third-order valence-corrected chi connectivity index (χ3v) is 1.95. The quantitative estimate of drug-likeness (QED) is 0.589. The molecule has 0 aromatic heterocycles. The van der Waals surface area contributed by atoms with Crippen LogP contribution in [0, 0.1) is 5.82 Å². The van der Waals surface area contributed by atoms with Crippen LogP contribution in [0.3, 0.4) is 0 Å². The van der Waals surface area contributed by atoms with Gasteiger partial charge in [0.05, 0.1) is 12.8 Å². The Kier molecular flexibility index (Phi) is 4.79. The van der Waals surface area contributed by atoms with Crippen molar-refractivity contribution in [3.05, 3.63) is 30.1 Å². The molecule has 0 radical (unpaired) electrons. The maximum absolute atomic E-state index is 13.2. The average Bonchev–Trinajstić information content (AvgIpc) is 2.38. The number of carbonyl (C=O) groups is 3. The fourth-order valence-electron chi connectivity index (χ4n) is 1.05. The van der Waals surface area contributed by atoms with Crippen LogP contribution in [0.15, 0.2) is 24.3 Å². The molecule has 0 atom stereocenters. The molecule has 0 aliphatic heterocycles. The molecule has 0 saturated heterocycles. The summed E-state index contributed by atoms with van der Waals surface area (Å²) < 4.78 is 17.4. The van der Waals surface area contributed by atoms with Crippen molar-refractivity contribution in [3.8, 4) is 0 Å². The van der Waals surface area contributed by atoms with E-state index in [1.807, 2.05) is 5.32 Å². The Bertz CT molecular complexity index is 476. The zero-order chi connectivity index (χ0) is 13.5. The number of halogens is 1. The minimum Gasteiger partial charge on any atom is -0.468 e. The molecule has 0 unspecified atom stereocenters. The third kappa shape index (κ3) is 3.85. The number of methoxy groups -OCH3 is 1. The maximum atomic E-state index is 13.2. The molecule has 2 amide bonds. The van der Waals surface area contributed by atoms with Crippen LogP contribution in [0.25, 0.3) is 0 Å². The number of para-hydroxylation sites is 1. The van der Waals surface area contributed by atoms with Crippen molar-refractivity contribution in [2.24, 2.45) is 0 Å². The maximum Gasteiger partial charge on any atom is 0.325 e. The Hall–Kier alpha value is -2.44. The monoisotopic (exact) mass is 254 g/mol. The van der Waals surface area contributed by atoms with E-state index in [0.717, 1.165) is 13.2 Å². The van der Waals surface area contributed by atoms with E-state index in [-0.39, 0.29) is 5.69 Å². The van der Waals surface area contributed by atoms with Gasteiger partial charge in [-0.25, -0.2) is 4.39 Å². The van der Waals surface area contributed by atoms with Gasteiger partial charge in [0.15, 0.2) is 0 Å². The van der Waals surface area contributed by atoms with Gasteiger partial charge in [-0.05, 0) is 12.1 Å². The highest BCUT2D eigenvalue weighted by Gasteiger charge is 2.16. The largest absolute Gasteiger partial charge is 0.468 e. The fourth-order valence-corrected chi connectivity index (χ4v) is 1.05. The van der Waals surface area contributed by atoms with Crippen LogP contribution < -0.4 is 10.6 Å². The number of esters is 1. The molecule has 2 N–H and O–H groups in total. The summed E-state index contributed by atoms with van der Waals surface area (Å²) in [5.41, 5.74) is -0.115. The summed E-state index contributed by atoms with van der Waals surface area (Å²) in [7, 11) is 1.15. The molecule has 7 heteroatoms. The highest BCUT2D eigenvalue weighted by Crippen LogP contribution is 2.11. The predicted octanol–water partition coefficient (Wildman–Crippen LogP) is 0.0534. The van der Waals surface area contributed by atoms with Crippen molar-refractivity contribution in [1.29, 1.82) is 0 Å². The molecule has 1 aromatic rings. The summed E-state index contributed by atoms with van der Waals surface area (Å²) in [4.78, 5) is 33.3. The van der Waals surface area contributed by atoms with Crippen LogP contribution in [0.2, 0.25) is 0 Å². The van der Waals surface area contributed by atoms with Crippen molar-refractivity contribution in [2.45, 2.75) is 0 Å². The number of anilines is 1. The van der Waals surface area contributed by atoms with Gasteiger partial charge in [-0.1, -0.05) is 12.1 Å². The topological polar surface area (TPSA) is 84.5 Å². The first kappa shape index (κ1) is 13.6. The van der Waals surface area contributed by atoms with Crippen molar-refractivity contribution >= 4 is 23.5 Å². The Labute approximate surface area is 102 Å². The first-order valence-corrected chi connectivity index (χ1v) is 4.95. The summed E-state index contributed by atoms with van der Waals surface area (Å²) in [6.07, 6.45) is 0. The number of carbonyl (C=O) groups excluding carboxylic acids is 3. The summed E-state index contributed by atoms with van der Waals surface area (Å²) in [5, 5.41) is 4.10. The minimum absolute atomic E-state index is 0.115. The second-order valence-electron chi connectivity index (χ2n) is 3.19. The molecule has 0 aliphatic rings. The van der Waals surface area contributed by atoms with Gasteiger partial charge < -0.3 is 15.4 Å². The van der Waals surface area contributed by atoms with Gasteiger partial charge in [0.25, 0.3) is 0 Å². The zero-order valence-corrected chi connectivity index (χ0v) is 9.53. The number of hydrogen-bond acceptors (Lipinski definition) is 4. The van der Waals surface area contributed by atoms with Crippen LogP contribution in [-0.4, -0.2) is 31.4 Å². The molecular formula is C11H11FN2O4. The van der Waals surface area contributed by atoms with Crippen molar-refractivity contribution < 1.29 is 23.5 Å². The summed E-state index contributed by atoms with van der Waals surface area (Å²) >= 11 is 0. The van der Waals surface area contributed by atoms with Crippen LogP contribution in [0.4, 0.5) is 10.1 Å². The Balaban J connectivity index is 2.53. The van der Waals surface area contributed by atoms with Crippen LogP contribution in [-0.2, 0) is 19.1 Å². The molecule has 0 heterocycles. The highest BCUT2D eigenvalue weighted by atomic mass is 19.1. The smallest absolute Gasteiger partial charge is 0.325 e. The van der Waals surface area contributed by atoms with E-state index in [1.54, 1.807) is 0 Å². The number of ether oxygens (including phenoxy) is 1. The molecule has 1 aromatic carbocycles. The number of benzene rings is 1. The number of amides is 2. The molecule has 0 saturated carbocycles. The zero-order valence-electron chi connectivity index (χ0n) is 9.53. The van der Waals surface area contributed by atoms with E-state index in [4.69, 9.17) is 0 Å². The third-order valence-electron chi connectivity index (χ3n) is 1.95. The highest BCUT2D eigenvalue weighted by molar-refractivity contribution is 6.39. The first-order valence-electron chi connectivity index (χ1n) is 4.95. The van der Waals surface area contributed by atoms with Gasteiger partial charge in [-0.2, -0.15) is 0 Å². The van der Waals surface area contributed by atoms with Gasteiger partial charge in [0.1, 0.15) is 12.4 Å². The second-order valence-corrected chi connectivity index (χ2v) is 3.19. The molecule has 1 rings (SSSR count). The van der Waals surface area contributed by atoms with E-state index in [2.05, 4.69) is 10.1 Å². The van der Waals surface area contributed by atoms with E-state index in [1.165, 1.54) is 18.2 Å². The van der Waals surface area contributed by atoms with Crippen molar-refractivity contribution in [1.82, 2.24) is 5.32 Å². The normalized spacial score (nSPS) is 9.44. The molecule has 6 nitrogen and oxygen atoms in total. The number of nitrogens with one attached hydrogen (secondary N) is 2. The van der Waals surface area contributed by atoms with Gasteiger partial charge in [-0.3, -0.25) is 14.4 Å². The SMILES string of the molecule is COC(=O)CNC(=O)C(=O)Nc1ccccc1F. The standard InChI is InChI=1S/C11H11FN2O4/c1-18-9(15)6-13-10(16)11(17)14-8-5-3-2-4-7(8)12/h2-5H,6H2,1H3,(H,13,16)(H,14,17). The lowest BCUT2D eigenvalue weighted by atomic mass is 10.3. The van der Waals surface area contributed by atoms with E-state index in [9.17, 15) is 18.8 Å². The fraction of sp³-hybridized carbons (Fsp3) is 0.182. The van der Waals surface area contributed by atoms with Gasteiger partial charge in [0.2, 0.25) is 0 Å². The van der Waals surface area contributed by atoms with Crippen molar-refractivity contribution in [3.63, 3.8) is 0 Å². The first-order chi connectivity index (χ1) is 8.54. The lowest BCUT2D eigenvalue weighted by Crippen LogP contribution is -2.38. The van der Waals surface area contributed by atoms with E-state index in [0.29, 0.717) is 0 Å².